The molecule has 1 N–H and O–H groups in total. The molecule has 2 saturated heterocycles. The van der Waals surface area contributed by atoms with Crippen LogP contribution in [0.2, 0.25) is 0 Å². The number of amides is 2. The van der Waals surface area contributed by atoms with Crippen LogP contribution < -0.4 is 5.32 Å². The van der Waals surface area contributed by atoms with Gasteiger partial charge in [0.15, 0.2) is 5.13 Å². The molecule has 24 heavy (non-hydrogen) atoms. The number of carbonyl (C=O) groups excluding carboxylic acids is 1. The Morgan fingerprint density at radius 2 is 2.08 bits per heavy atom. The van der Waals surface area contributed by atoms with Crippen LogP contribution in [0.25, 0.3) is 0 Å². The van der Waals surface area contributed by atoms with E-state index in [2.05, 4.69) is 15.2 Å². The summed E-state index contributed by atoms with van der Waals surface area (Å²) >= 11 is 1.66. The quantitative estimate of drug-likeness (QED) is 0.908. The fourth-order valence-corrected chi connectivity index (χ4v) is 4.84. The molecule has 1 atom stereocenters. The minimum atomic E-state index is 0.00458. The molecule has 0 spiro atoms. The van der Waals surface area contributed by atoms with Crippen LogP contribution in [-0.2, 0) is 17.6 Å². The van der Waals surface area contributed by atoms with Crippen molar-refractivity contribution in [3.63, 3.8) is 0 Å². The van der Waals surface area contributed by atoms with Crippen molar-refractivity contribution >= 4 is 22.5 Å². The molecule has 0 bridgehead atoms. The first-order valence-electron chi connectivity index (χ1n) is 9.12. The van der Waals surface area contributed by atoms with Gasteiger partial charge in [-0.3, -0.25) is 10.2 Å². The Balaban J connectivity index is 1.26. The van der Waals surface area contributed by atoms with Gasteiger partial charge in [-0.05, 0) is 38.0 Å². The van der Waals surface area contributed by atoms with E-state index in [0.29, 0.717) is 5.92 Å². The van der Waals surface area contributed by atoms with Gasteiger partial charge in [-0.15, -0.1) is 11.3 Å². The van der Waals surface area contributed by atoms with Gasteiger partial charge in [-0.25, -0.2) is 9.78 Å². The number of rotatable bonds is 3. The molecule has 132 valence electrons. The van der Waals surface area contributed by atoms with Crippen LogP contribution in [0.5, 0.6) is 0 Å². The van der Waals surface area contributed by atoms with Crippen molar-refractivity contribution in [3.8, 4) is 0 Å². The number of carbonyl (C=O) groups is 1. The Labute approximate surface area is 147 Å². The van der Waals surface area contributed by atoms with Gasteiger partial charge in [-0.1, -0.05) is 0 Å². The number of ether oxygens (including phenoxy) is 1. The van der Waals surface area contributed by atoms with E-state index in [9.17, 15) is 4.79 Å². The third kappa shape index (κ3) is 3.73. The van der Waals surface area contributed by atoms with E-state index in [1.54, 1.807) is 11.3 Å². The third-order valence-electron chi connectivity index (χ3n) is 5.26. The highest BCUT2D eigenvalue weighted by Gasteiger charge is 2.25. The van der Waals surface area contributed by atoms with Crippen molar-refractivity contribution in [2.75, 3.05) is 51.3 Å². The molecule has 1 aromatic rings. The summed E-state index contributed by atoms with van der Waals surface area (Å²) in [5, 5.41) is 3.79. The van der Waals surface area contributed by atoms with Crippen LogP contribution in [0.3, 0.4) is 0 Å². The standard InChI is InChI=1S/C17H26N4O2S/c22-17(19-16-18-14-3-1-2-4-15(14)24-16)21-8-6-20(7-9-21)11-13-5-10-23-12-13/h13H,1-12H2,(H,18,19,22). The zero-order valence-corrected chi connectivity index (χ0v) is 14.9. The second kappa shape index (κ2) is 7.37. The number of nitrogens with zero attached hydrogens (tertiary/aromatic N) is 3. The van der Waals surface area contributed by atoms with Crippen LogP contribution >= 0.6 is 11.3 Å². The highest BCUT2D eigenvalue weighted by molar-refractivity contribution is 7.15. The minimum absolute atomic E-state index is 0.00458. The zero-order chi connectivity index (χ0) is 16.4. The summed E-state index contributed by atoms with van der Waals surface area (Å²) in [7, 11) is 0. The second-order valence-electron chi connectivity index (χ2n) is 7.04. The SMILES string of the molecule is O=C(Nc1nc2c(s1)CCCC2)N1CCN(CC2CCOC2)CC1. The molecule has 6 nitrogen and oxygen atoms in total. The number of hydrogen-bond donors (Lipinski definition) is 1. The molecule has 2 fully saturated rings. The molecule has 3 heterocycles. The number of nitrogens with one attached hydrogen (secondary N) is 1. The molecule has 1 unspecified atom stereocenters. The molecule has 4 rings (SSSR count). The summed E-state index contributed by atoms with van der Waals surface area (Å²) in [5.74, 6) is 0.673. The number of aryl methyl sites for hydroxylation is 2. The summed E-state index contributed by atoms with van der Waals surface area (Å²) in [4.78, 5) is 22.8. The smallest absolute Gasteiger partial charge is 0.323 e. The van der Waals surface area contributed by atoms with Crippen molar-refractivity contribution in [2.24, 2.45) is 5.92 Å². The molecule has 1 aliphatic carbocycles. The first-order valence-corrected chi connectivity index (χ1v) is 9.94. The fourth-order valence-electron chi connectivity index (χ4n) is 3.80. The monoisotopic (exact) mass is 350 g/mol. The summed E-state index contributed by atoms with van der Waals surface area (Å²) in [5.41, 5.74) is 1.20. The van der Waals surface area contributed by atoms with E-state index in [4.69, 9.17) is 4.74 Å². The van der Waals surface area contributed by atoms with Crippen LogP contribution in [0, 0.1) is 5.92 Å². The number of thiazole rings is 1. The van der Waals surface area contributed by atoms with E-state index < -0.39 is 0 Å². The van der Waals surface area contributed by atoms with E-state index in [1.165, 1.54) is 29.8 Å². The van der Waals surface area contributed by atoms with Gasteiger partial charge in [0.05, 0.1) is 12.3 Å². The van der Waals surface area contributed by atoms with Gasteiger partial charge in [0.2, 0.25) is 0 Å². The lowest BCUT2D eigenvalue weighted by atomic mass is 10.0. The highest BCUT2D eigenvalue weighted by atomic mass is 32.1. The summed E-state index contributed by atoms with van der Waals surface area (Å²) < 4.78 is 5.45. The first kappa shape index (κ1) is 16.3. The van der Waals surface area contributed by atoms with Gasteiger partial charge < -0.3 is 9.64 Å². The number of hydrogen-bond acceptors (Lipinski definition) is 5. The van der Waals surface area contributed by atoms with Gasteiger partial charge >= 0.3 is 6.03 Å². The Morgan fingerprint density at radius 1 is 1.25 bits per heavy atom. The Bertz CT molecular complexity index is 554. The molecule has 2 aliphatic heterocycles. The van der Waals surface area contributed by atoms with Crippen LogP contribution in [0.15, 0.2) is 0 Å². The summed E-state index contributed by atoms with van der Waals surface area (Å²) in [6.07, 6.45) is 5.82. The number of fused-ring (bicyclic) bond motifs is 1. The lowest BCUT2D eigenvalue weighted by molar-refractivity contribution is 0.124. The maximum absolute atomic E-state index is 12.5. The summed E-state index contributed by atoms with van der Waals surface area (Å²) in [6.45, 7) is 6.42. The molecular weight excluding hydrogens is 324 g/mol. The number of piperazine rings is 1. The highest BCUT2D eigenvalue weighted by Crippen LogP contribution is 2.29. The van der Waals surface area contributed by atoms with Gasteiger partial charge in [0.1, 0.15) is 0 Å². The second-order valence-corrected chi connectivity index (χ2v) is 8.13. The Kier molecular flexibility index (Phi) is 5.01. The molecule has 7 heteroatoms. The maximum atomic E-state index is 12.5. The average molecular weight is 350 g/mol. The van der Waals surface area contributed by atoms with Gasteiger partial charge in [0, 0.05) is 44.2 Å². The molecule has 2 amide bonds. The van der Waals surface area contributed by atoms with Crippen LogP contribution in [0.4, 0.5) is 9.93 Å². The minimum Gasteiger partial charge on any atom is -0.381 e. The maximum Gasteiger partial charge on any atom is 0.323 e. The predicted octanol–water partition coefficient (Wildman–Crippen LogP) is 2.21. The zero-order valence-electron chi connectivity index (χ0n) is 14.1. The number of aromatic nitrogens is 1. The predicted molar refractivity (Wildman–Crippen MR) is 94.7 cm³/mol. The normalized spacial score (nSPS) is 24.8. The van der Waals surface area contributed by atoms with E-state index >= 15 is 0 Å². The van der Waals surface area contributed by atoms with Crippen molar-refractivity contribution < 1.29 is 9.53 Å². The number of anilines is 1. The Hall–Kier alpha value is -1.18. The third-order valence-corrected chi connectivity index (χ3v) is 6.33. The lowest BCUT2D eigenvalue weighted by Crippen LogP contribution is -2.51. The van der Waals surface area contributed by atoms with Crippen LogP contribution in [-0.4, -0.2) is 66.8 Å². The molecule has 0 radical (unpaired) electrons. The largest absolute Gasteiger partial charge is 0.381 e. The van der Waals surface area contributed by atoms with E-state index in [1.807, 2.05) is 4.90 Å². The topological polar surface area (TPSA) is 57.7 Å². The van der Waals surface area contributed by atoms with E-state index in [0.717, 1.165) is 63.9 Å². The van der Waals surface area contributed by atoms with Crippen molar-refractivity contribution in [2.45, 2.75) is 32.1 Å². The Morgan fingerprint density at radius 3 is 2.83 bits per heavy atom. The first-order chi connectivity index (χ1) is 11.8. The van der Waals surface area contributed by atoms with Crippen LogP contribution in [0.1, 0.15) is 29.8 Å². The molecule has 3 aliphatic rings. The number of urea groups is 1. The van der Waals surface area contributed by atoms with Gasteiger partial charge in [-0.2, -0.15) is 0 Å². The molecule has 0 aromatic carbocycles. The van der Waals surface area contributed by atoms with E-state index in [-0.39, 0.29) is 6.03 Å². The molecule has 1 aromatic heterocycles. The van der Waals surface area contributed by atoms with Crippen molar-refractivity contribution in [1.82, 2.24) is 14.8 Å². The summed E-state index contributed by atoms with van der Waals surface area (Å²) in [6, 6.07) is 0.00458. The van der Waals surface area contributed by atoms with Crippen molar-refractivity contribution in [1.29, 1.82) is 0 Å². The van der Waals surface area contributed by atoms with Crippen molar-refractivity contribution in [3.05, 3.63) is 10.6 Å². The van der Waals surface area contributed by atoms with Gasteiger partial charge in [0.25, 0.3) is 0 Å². The fraction of sp³-hybridized carbons (Fsp3) is 0.765. The average Bonchev–Trinajstić information content (AvgIpc) is 3.24. The molecule has 0 saturated carbocycles. The molecular formula is C17H26N4O2S. The lowest BCUT2D eigenvalue weighted by Gasteiger charge is -2.35.